The first-order chi connectivity index (χ1) is 8.42. The summed E-state index contributed by atoms with van der Waals surface area (Å²) >= 11 is 0. The monoisotopic (exact) mass is 255 g/mol. The van der Waals surface area contributed by atoms with Crippen molar-refractivity contribution in [3.05, 3.63) is 24.3 Å². The maximum Gasteiger partial charge on any atom is 0.412 e. The minimum atomic E-state index is -0.583. The van der Waals surface area contributed by atoms with Crippen LogP contribution in [0, 0.1) is 0 Å². The van der Waals surface area contributed by atoms with Gasteiger partial charge in [-0.25, -0.2) is 9.18 Å². The van der Waals surface area contributed by atoms with Crippen molar-refractivity contribution in [2.75, 3.05) is 18.6 Å². The van der Waals surface area contributed by atoms with Crippen LogP contribution in [0.2, 0.25) is 0 Å². The van der Waals surface area contributed by atoms with E-state index in [1.165, 1.54) is 0 Å². The van der Waals surface area contributed by atoms with Gasteiger partial charge in [-0.05, 0) is 32.9 Å². The Morgan fingerprint density at radius 2 is 2.00 bits per heavy atom. The molecule has 18 heavy (non-hydrogen) atoms. The van der Waals surface area contributed by atoms with Crippen molar-refractivity contribution in [2.45, 2.75) is 26.4 Å². The lowest BCUT2D eigenvalue weighted by molar-refractivity contribution is 0.0635. The van der Waals surface area contributed by atoms with E-state index in [-0.39, 0.29) is 6.61 Å². The summed E-state index contributed by atoms with van der Waals surface area (Å²) in [4.78, 5) is 11.6. The Balaban J connectivity index is 2.68. The predicted molar refractivity (Wildman–Crippen MR) is 67.8 cm³/mol. The standard InChI is InChI=1S/C13H18FNO3/c1-13(2,3)18-12(16)15-10-6-4-5-7-11(10)17-9-8-14/h4-7H,8-9H2,1-3H3,(H,15,16). The molecule has 1 aromatic rings. The third-order valence-corrected chi connectivity index (χ3v) is 1.86. The summed E-state index contributed by atoms with van der Waals surface area (Å²) in [6.45, 7) is 4.70. The Labute approximate surface area is 106 Å². The number of ether oxygens (including phenoxy) is 2. The van der Waals surface area contributed by atoms with Gasteiger partial charge in [0.25, 0.3) is 0 Å². The number of nitrogens with one attached hydrogen (secondary N) is 1. The number of rotatable bonds is 4. The molecule has 1 aromatic carbocycles. The third kappa shape index (κ3) is 5.03. The lowest BCUT2D eigenvalue weighted by atomic mass is 10.2. The molecule has 0 saturated heterocycles. The van der Waals surface area contributed by atoms with Crippen molar-refractivity contribution in [3.8, 4) is 5.75 Å². The molecular formula is C13H18FNO3. The summed E-state index contributed by atoms with van der Waals surface area (Å²) < 4.78 is 22.4. The van der Waals surface area contributed by atoms with E-state index in [4.69, 9.17) is 9.47 Å². The third-order valence-electron chi connectivity index (χ3n) is 1.86. The van der Waals surface area contributed by atoms with E-state index < -0.39 is 18.4 Å². The van der Waals surface area contributed by atoms with Crippen LogP contribution in [0.4, 0.5) is 14.9 Å². The van der Waals surface area contributed by atoms with Crippen molar-refractivity contribution >= 4 is 11.8 Å². The van der Waals surface area contributed by atoms with Gasteiger partial charge < -0.3 is 9.47 Å². The van der Waals surface area contributed by atoms with Crippen molar-refractivity contribution < 1.29 is 18.7 Å². The molecule has 1 N–H and O–H groups in total. The first-order valence-electron chi connectivity index (χ1n) is 5.70. The van der Waals surface area contributed by atoms with E-state index in [0.29, 0.717) is 11.4 Å². The summed E-state index contributed by atoms with van der Waals surface area (Å²) in [6.07, 6.45) is -0.571. The quantitative estimate of drug-likeness (QED) is 0.897. The van der Waals surface area contributed by atoms with Gasteiger partial charge in [-0.1, -0.05) is 12.1 Å². The average Bonchev–Trinajstić information content (AvgIpc) is 2.25. The molecule has 0 bridgehead atoms. The molecule has 0 spiro atoms. The highest BCUT2D eigenvalue weighted by Gasteiger charge is 2.17. The first kappa shape index (κ1) is 14.3. The Morgan fingerprint density at radius 3 is 2.61 bits per heavy atom. The van der Waals surface area contributed by atoms with Crippen LogP contribution in [0.15, 0.2) is 24.3 Å². The molecule has 0 radical (unpaired) electrons. The van der Waals surface area contributed by atoms with Gasteiger partial charge in [0.15, 0.2) is 0 Å². The van der Waals surface area contributed by atoms with Crippen LogP contribution in [-0.4, -0.2) is 25.0 Å². The Bertz CT molecular complexity index is 401. The van der Waals surface area contributed by atoms with Gasteiger partial charge in [0.1, 0.15) is 24.6 Å². The van der Waals surface area contributed by atoms with Gasteiger partial charge in [0.2, 0.25) is 0 Å². The smallest absolute Gasteiger partial charge is 0.412 e. The van der Waals surface area contributed by atoms with Crippen LogP contribution in [-0.2, 0) is 4.74 Å². The molecule has 0 saturated carbocycles. The van der Waals surface area contributed by atoms with E-state index in [1.807, 2.05) is 0 Å². The zero-order valence-corrected chi connectivity index (χ0v) is 10.8. The fourth-order valence-electron chi connectivity index (χ4n) is 1.26. The summed E-state index contributed by atoms with van der Waals surface area (Å²) in [5, 5.41) is 2.57. The average molecular weight is 255 g/mol. The normalized spacial score (nSPS) is 10.9. The molecule has 0 fully saturated rings. The second-order valence-corrected chi connectivity index (χ2v) is 4.66. The molecule has 4 nitrogen and oxygen atoms in total. The summed E-state index contributed by atoms with van der Waals surface area (Å²) in [5.74, 6) is 0.418. The lowest BCUT2D eigenvalue weighted by Gasteiger charge is -2.20. The van der Waals surface area contributed by atoms with Crippen LogP contribution >= 0.6 is 0 Å². The van der Waals surface area contributed by atoms with Crippen LogP contribution in [0.3, 0.4) is 0 Å². The van der Waals surface area contributed by atoms with E-state index in [2.05, 4.69) is 5.32 Å². The van der Waals surface area contributed by atoms with Gasteiger partial charge in [-0.2, -0.15) is 0 Å². The van der Waals surface area contributed by atoms with Crippen LogP contribution in [0.1, 0.15) is 20.8 Å². The number of benzene rings is 1. The number of carbonyl (C=O) groups is 1. The molecule has 1 amide bonds. The summed E-state index contributed by atoms with van der Waals surface area (Å²) in [7, 11) is 0. The number of hydrogen-bond acceptors (Lipinski definition) is 3. The highest BCUT2D eigenvalue weighted by Crippen LogP contribution is 2.24. The molecule has 0 atom stereocenters. The van der Waals surface area contributed by atoms with E-state index in [9.17, 15) is 9.18 Å². The highest BCUT2D eigenvalue weighted by atomic mass is 19.1. The van der Waals surface area contributed by atoms with Crippen LogP contribution in [0.5, 0.6) is 5.75 Å². The van der Waals surface area contributed by atoms with E-state index in [0.717, 1.165) is 0 Å². The first-order valence-corrected chi connectivity index (χ1v) is 5.70. The molecular weight excluding hydrogens is 237 g/mol. The number of halogens is 1. The van der Waals surface area contributed by atoms with Crippen molar-refractivity contribution in [3.63, 3.8) is 0 Å². The minimum Gasteiger partial charge on any atom is -0.489 e. The predicted octanol–water partition coefficient (Wildman–Crippen LogP) is 3.38. The highest BCUT2D eigenvalue weighted by molar-refractivity contribution is 5.86. The fourth-order valence-corrected chi connectivity index (χ4v) is 1.26. The molecule has 0 unspecified atom stereocenters. The zero-order valence-electron chi connectivity index (χ0n) is 10.8. The Hall–Kier alpha value is -1.78. The molecule has 0 aromatic heterocycles. The van der Waals surface area contributed by atoms with Gasteiger partial charge >= 0.3 is 6.09 Å². The van der Waals surface area contributed by atoms with Gasteiger partial charge in [-0.15, -0.1) is 0 Å². The molecule has 0 aliphatic heterocycles. The van der Waals surface area contributed by atoms with Gasteiger partial charge in [0, 0.05) is 0 Å². The van der Waals surface area contributed by atoms with Crippen molar-refractivity contribution in [1.29, 1.82) is 0 Å². The number of hydrogen-bond donors (Lipinski definition) is 1. The molecule has 5 heteroatoms. The summed E-state index contributed by atoms with van der Waals surface area (Å²) in [5.41, 5.74) is -0.112. The minimum absolute atomic E-state index is 0.0486. The molecule has 0 heterocycles. The van der Waals surface area contributed by atoms with Crippen LogP contribution < -0.4 is 10.1 Å². The maximum atomic E-state index is 12.1. The Kier molecular flexibility index (Phi) is 4.95. The summed E-state index contributed by atoms with van der Waals surface area (Å²) in [6, 6.07) is 6.81. The fraction of sp³-hybridized carbons (Fsp3) is 0.462. The van der Waals surface area contributed by atoms with Gasteiger partial charge in [-0.3, -0.25) is 5.32 Å². The number of amides is 1. The maximum absolute atomic E-state index is 12.1. The Morgan fingerprint density at radius 1 is 1.33 bits per heavy atom. The second-order valence-electron chi connectivity index (χ2n) is 4.66. The number of carbonyl (C=O) groups excluding carboxylic acids is 1. The molecule has 0 aliphatic carbocycles. The largest absolute Gasteiger partial charge is 0.489 e. The number of anilines is 1. The number of alkyl halides is 1. The molecule has 100 valence electrons. The van der Waals surface area contributed by atoms with Crippen molar-refractivity contribution in [2.24, 2.45) is 0 Å². The van der Waals surface area contributed by atoms with Crippen LogP contribution in [0.25, 0.3) is 0 Å². The number of para-hydroxylation sites is 2. The molecule has 1 rings (SSSR count). The lowest BCUT2D eigenvalue weighted by Crippen LogP contribution is -2.27. The van der Waals surface area contributed by atoms with Gasteiger partial charge in [0.05, 0.1) is 5.69 Å². The van der Waals surface area contributed by atoms with E-state index in [1.54, 1.807) is 45.0 Å². The van der Waals surface area contributed by atoms with Crippen molar-refractivity contribution in [1.82, 2.24) is 0 Å². The zero-order chi connectivity index (χ0) is 13.6. The van der Waals surface area contributed by atoms with E-state index >= 15 is 0 Å². The SMILES string of the molecule is CC(C)(C)OC(=O)Nc1ccccc1OCCF. The molecule has 0 aliphatic rings. The second kappa shape index (κ2) is 6.23. The topological polar surface area (TPSA) is 47.6 Å².